The van der Waals surface area contributed by atoms with E-state index in [1.165, 1.54) is 0 Å². The number of nitrogens with zero attached hydrogens (tertiary/aromatic N) is 1. The Morgan fingerprint density at radius 2 is 2.00 bits per heavy atom. The van der Waals surface area contributed by atoms with Crippen molar-refractivity contribution in [2.45, 2.75) is 32.3 Å². The first-order valence-corrected chi connectivity index (χ1v) is 7.57. The number of nitrogens with two attached hydrogens (primary N) is 1. The lowest BCUT2D eigenvalue weighted by Crippen LogP contribution is -2.38. The van der Waals surface area contributed by atoms with Gasteiger partial charge in [-0.15, -0.1) is 0 Å². The smallest absolute Gasteiger partial charge is 0.209 e. The van der Waals surface area contributed by atoms with Crippen molar-refractivity contribution in [2.75, 3.05) is 32.0 Å². The maximum Gasteiger partial charge on any atom is 0.209 e. The largest absolute Gasteiger partial charge is 0.378 e. The van der Waals surface area contributed by atoms with Gasteiger partial charge >= 0.3 is 0 Å². The fraction of sp³-hybridized carbons (Fsp3) is 1.00. The van der Waals surface area contributed by atoms with Crippen molar-refractivity contribution in [3.05, 3.63) is 0 Å². The highest BCUT2D eigenvalue weighted by atomic mass is 32.2. The number of rotatable bonds is 6. The van der Waals surface area contributed by atoms with Gasteiger partial charge in [-0.05, 0) is 32.7 Å². The molecule has 0 bridgehead atoms. The Morgan fingerprint density at radius 1 is 1.38 bits per heavy atom. The van der Waals surface area contributed by atoms with E-state index < -0.39 is 10.0 Å². The molecule has 1 heterocycles. The molecule has 0 atom stereocenters. The lowest BCUT2D eigenvalue weighted by molar-refractivity contribution is 0.0144. The highest BCUT2D eigenvalue weighted by Gasteiger charge is 2.18. The average Bonchev–Trinajstić information content (AvgIpc) is 2.19. The van der Waals surface area contributed by atoms with Gasteiger partial charge in [0.05, 0.1) is 11.9 Å². The highest BCUT2D eigenvalue weighted by molar-refractivity contribution is 7.89. The summed E-state index contributed by atoms with van der Waals surface area (Å²) >= 11 is 0. The topological polar surface area (TPSA) is 72.6 Å². The van der Waals surface area contributed by atoms with Crippen molar-refractivity contribution >= 4 is 10.0 Å². The van der Waals surface area contributed by atoms with Gasteiger partial charge in [0.15, 0.2) is 0 Å². The lowest BCUT2D eigenvalue weighted by atomic mass is 10.1. The molecule has 5 nitrogen and oxygen atoms in total. The summed E-state index contributed by atoms with van der Waals surface area (Å²) in [7, 11) is -3.30. The molecule has 2 N–H and O–H groups in total. The second-order valence-electron chi connectivity index (χ2n) is 4.22. The zero-order valence-corrected chi connectivity index (χ0v) is 10.7. The maximum absolute atomic E-state index is 10.7. The number of piperidine rings is 1. The van der Waals surface area contributed by atoms with E-state index in [1.54, 1.807) is 0 Å². The van der Waals surface area contributed by atoms with E-state index in [-0.39, 0.29) is 5.75 Å². The molecule has 1 aliphatic rings. The minimum atomic E-state index is -3.30. The highest BCUT2D eigenvalue weighted by Crippen LogP contribution is 2.13. The molecule has 1 aliphatic heterocycles. The number of sulfonamides is 1. The second kappa shape index (κ2) is 6.54. The molecule has 1 fully saturated rings. The van der Waals surface area contributed by atoms with Crippen LogP contribution in [-0.4, -0.2) is 51.4 Å². The molecular weight excluding hydrogens is 228 g/mol. The summed E-state index contributed by atoms with van der Waals surface area (Å²) in [5, 5.41) is 4.95. The summed E-state index contributed by atoms with van der Waals surface area (Å²) in [6, 6.07) is 0. The molecule has 0 aromatic rings. The van der Waals surface area contributed by atoms with E-state index in [4.69, 9.17) is 9.88 Å². The minimum Gasteiger partial charge on any atom is -0.378 e. The van der Waals surface area contributed by atoms with Crippen molar-refractivity contribution in [2.24, 2.45) is 5.14 Å². The van der Waals surface area contributed by atoms with Gasteiger partial charge in [0.2, 0.25) is 10.0 Å². The normalized spacial score (nSPS) is 20.1. The van der Waals surface area contributed by atoms with Gasteiger partial charge in [-0.1, -0.05) is 0 Å². The molecule has 0 aromatic heterocycles. The molecule has 0 unspecified atom stereocenters. The van der Waals surface area contributed by atoms with Crippen LogP contribution in [0.3, 0.4) is 0 Å². The van der Waals surface area contributed by atoms with Crippen LogP contribution in [0.4, 0.5) is 0 Å². The maximum atomic E-state index is 10.7. The summed E-state index contributed by atoms with van der Waals surface area (Å²) in [5.41, 5.74) is 0. The quantitative estimate of drug-likeness (QED) is 0.729. The molecule has 0 spiro atoms. The van der Waals surface area contributed by atoms with Gasteiger partial charge in [-0.3, -0.25) is 0 Å². The number of hydrogen-bond acceptors (Lipinski definition) is 4. The van der Waals surface area contributed by atoms with Crippen LogP contribution in [-0.2, 0) is 14.8 Å². The van der Waals surface area contributed by atoms with Crippen LogP contribution in [0.2, 0.25) is 0 Å². The van der Waals surface area contributed by atoms with E-state index >= 15 is 0 Å². The Morgan fingerprint density at radius 3 is 2.50 bits per heavy atom. The molecule has 1 saturated heterocycles. The first-order valence-electron chi connectivity index (χ1n) is 5.85. The van der Waals surface area contributed by atoms with Gasteiger partial charge in [0.1, 0.15) is 0 Å². The van der Waals surface area contributed by atoms with Crippen molar-refractivity contribution < 1.29 is 13.2 Å². The van der Waals surface area contributed by atoms with Crippen molar-refractivity contribution in [3.8, 4) is 0 Å². The predicted molar refractivity (Wildman–Crippen MR) is 63.7 cm³/mol. The Hall–Kier alpha value is -0.170. The van der Waals surface area contributed by atoms with Crippen LogP contribution < -0.4 is 5.14 Å². The summed E-state index contributed by atoms with van der Waals surface area (Å²) in [6.07, 6.45) is 3.10. The number of likely N-dealkylation sites (tertiary alicyclic amines) is 1. The van der Waals surface area contributed by atoms with E-state index in [2.05, 4.69) is 4.90 Å². The summed E-state index contributed by atoms with van der Waals surface area (Å²) in [6.45, 7) is 5.59. The average molecular weight is 250 g/mol. The van der Waals surface area contributed by atoms with Crippen LogP contribution in [0.15, 0.2) is 0 Å². The minimum absolute atomic E-state index is 0.0817. The number of ether oxygens (including phenoxy) is 1. The van der Waals surface area contributed by atoms with Crippen LogP contribution in [0.1, 0.15) is 26.2 Å². The van der Waals surface area contributed by atoms with E-state index in [9.17, 15) is 8.42 Å². The first kappa shape index (κ1) is 13.9. The van der Waals surface area contributed by atoms with Crippen molar-refractivity contribution in [3.63, 3.8) is 0 Å². The first-order chi connectivity index (χ1) is 7.51. The summed E-state index contributed by atoms with van der Waals surface area (Å²) in [5.74, 6) is 0.0817. The molecule has 16 heavy (non-hydrogen) atoms. The molecular formula is C10H22N2O3S. The standard InChI is InChI=1S/C10H22N2O3S/c1-2-15-10-4-7-12(8-5-10)6-3-9-16(11,13)14/h10H,2-9H2,1H3,(H2,11,13,14). The van der Waals surface area contributed by atoms with E-state index in [0.717, 1.165) is 39.1 Å². The monoisotopic (exact) mass is 250 g/mol. The third-order valence-corrected chi connectivity index (χ3v) is 3.70. The second-order valence-corrected chi connectivity index (χ2v) is 5.95. The Balaban J connectivity index is 2.13. The van der Waals surface area contributed by atoms with Crippen molar-refractivity contribution in [1.29, 1.82) is 0 Å². The third-order valence-electron chi connectivity index (χ3n) is 2.84. The molecule has 6 heteroatoms. The molecule has 0 saturated carbocycles. The molecule has 96 valence electrons. The molecule has 1 rings (SSSR count). The van der Waals surface area contributed by atoms with E-state index in [0.29, 0.717) is 12.5 Å². The third kappa shape index (κ3) is 5.79. The van der Waals surface area contributed by atoms with Gasteiger partial charge in [-0.25, -0.2) is 13.6 Å². The van der Waals surface area contributed by atoms with E-state index in [1.807, 2.05) is 6.92 Å². The van der Waals surface area contributed by atoms with Gasteiger partial charge in [-0.2, -0.15) is 0 Å². The fourth-order valence-electron chi connectivity index (χ4n) is 2.02. The van der Waals surface area contributed by atoms with Crippen LogP contribution in [0.5, 0.6) is 0 Å². The lowest BCUT2D eigenvalue weighted by Gasteiger charge is -2.31. The molecule has 0 aromatic carbocycles. The van der Waals surface area contributed by atoms with Crippen molar-refractivity contribution in [1.82, 2.24) is 4.90 Å². The van der Waals surface area contributed by atoms with Gasteiger partial charge in [0.25, 0.3) is 0 Å². The Labute approximate surface area is 98.0 Å². The zero-order valence-electron chi connectivity index (χ0n) is 9.89. The van der Waals surface area contributed by atoms with Crippen LogP contribution >= 0.6 is 0 Å². The van der Waals surface area contributed by atoms with Gasteiger partial charge in [0, 0.05) is 19.7 Å². The van der Waals surface area contributed by atoms with Crippen LogP contribution in [0, 0.1) is 0 Å². The predicted octanol–water partition coefficient (Wildman–Crippen LogP) is 0.166. The molecule has 0 radical (unpaired) electrons. The summed E-state index contributed by atoms with van der Waals surface area (Å²) < 4.78 is 27.0. The van der Waals surface area contributed by atoms with Crippen LogP contribution in [0.25, 0.3) is 0 Å². The molecule has 0 aliphatic carbocycles. The fourth-order valence-corrected chi connectivity index (χ4v) is 2.56. The molecule has 0 amide bonds. The Kier molecular flexibility index (Phi) is 5.68. The Bertz CT molecular complexity index is 284. The van der Waals surface area contributed by atoms with Gasteiger partial charge < -0.3 is 9.64 Å². The number of hydrogen-bond donors (Lipinski definition) is 1. The number of primary sulfonamides is 1. The SMILES string of the molecule is CCOC1CCN(CCCS(N)(=O)=O)CC1. The zero-order chi connectivity index (χ0) is 12.0. The summed E-state index contributed by atoms with van der Waals surface area (Å²) in [4.78, 5) is 2.28.